The Bertz CT molecular complexity index is 1040. The Kier molecular flexibility index (Phi) is 4.09. The summed E-state index contributed by atoms with van der Waals surface area (Å²) in [6, 6.07) is 14.5. The number of ether oxygens (including phenoxy) is 1. The lowest BCUT2D eigenvalue weighted by Crippen LogP contribution is -2.32. The Morgan fingerprint density at radius 3 is 2.93 bits per heavy atom. The largest absolute Gasteiger partial charge is 0.496 e. The quantitative estimate of drug-likeness (QED) is 0.725. The average molecular weight is 378 g/mol. The van der Waals surface area contributed by atoms with Crippen molar-refractivity contribution in [2.75, 3.05) is 7.11 Å². The maximum Gasteiger partial charge on any atom is 0.308 e. The fourth-order valence-corrected chi connectivity index (χ4v) is 4.98. The van der Waals surface area contributed by atoms with E-state index in [0.717, 1.165) is 52.8 Å². The fourth-order valence-electron chi connectivity index (χ4n) is 4.98. The molecule has 5 rings (SSSR count). The molecule has 0 radical (unpaired) electrons. The Morgan fingerprint density at radius 1 is 1.29 bits per heavy atom. The van der Waals surface area contributed by atoms with E-state index in [2.05, 4.69) is 22.2 Å². The molecule has 2 aromatic carbocycles. The highest BCUT2D eigenvalue weighted by molar-refractivity contribution is 5.98. The molecule has 2 fully saturated rings. The molecule has 0 aliphatic carbocycles. The molecule has 2 bridgehead atoms. The number of rotatable bonds is 5. The average Bonchev–Trinajstić information content (AvgIpc) is 3.42. The van der Waals surface area contributed by atoms with E-state index in [1.807, 2.05) is 30.3 Å². The summed E-state index contributed by atoms with van der Waals surface area (Å²) in [7, 11) is 1.66. The lowest BCUT2D eigenvalue weighted by atomic mass is 9.89. The summed E-state index contributed by atoms with van der Waals surface area (Å²) < 4.78 is 11.2. The maximum absolute atomic E-state index is 11.5. The molecule has 0 spiro atoms. The van der Waals surface area contributed by atoms with Crippen LogP contribution in [-0.2, 0) is 11.3 Å². The van der Waals surface area contributed by atoms with Crippen LogP contribution in [0.2, 0.25) is 0 Å². The molecule has 28 heavy (non-hydrogen) atoms. The Morgan fingerprint density at radius 2 is 2.14 bits per heavy atom. The molecule has 1 aromatic heterocycles. The lowest BCUT2D eigenvalue weighted by molar-refractivity contribution is -0.142. The third-order valence-corrected chi connectivity index (χ3v) is 6.26. The van der Waals surface area contributed by atoms with Gasteiger partial charge in [0.05, 0.1) is 25.1 Å². The summed E-state index contributed by atoms with van der Waals surface area (Å²) in [6.45, 7) is 0.596. The van der Waals surface area contributed by atoms with E-state index in [4.69, 9.17) is 9.26 Å². The zero-order chi connectivity index (χ0) is 19.3. The summed E-state index contributed by atoms with van der Waals surface area (Å²) in [4.78, 5) is 13.8. The van der Waals surface area contributed by atoms with Gasteiger partial charge in [-0.25, -0.2) is 0 Å². The second-order valence-electron chi connectivity index (χ2n) is 7.69. The lowest BCUT2D eigenvalue weighted by Gasteiger charge is -2.20. The van der Waals surface area contributed by atoms with Gasteiger partial charge in [-0.15, -0.1) is 0 Å². The van der Waals surface area contributed by atoms with Crippen LogP contribution in [-0.4, -0.2) is 40.3 Å². The topological polar surface area (TPSA) is 75.8 Å². The minimum Gasteiger partial charge on any atom is -0.496 e. The van der Waals surface area contributed by atoms with E-state index in [0.29, 0.717) is 12.6 Å². The van der Waals surface area contributed by atoms with Crippen molar-refractivity contribution in [3.8, 4) is 17.0 Å². The molecule has 6 nitrogen and oxygen atoms in total. The van der Waals surface area contributed by atoms with E-state index >= 15 is 0 Å². The molecule has 3 atom stereocenters. The Balaban J connectivity index is 1.47. The first-order valence-corrected chi connectivity index (χ1v) is 9.66. The molecule has 1 N–H and O–H groups in total. The van der Waals surface area contributed by atoms with Crippen molar-refractivity contribution in [1.29, 1.82) is 0 Å². The number of nitrogens with zero attached hydrogens (tertiary/aromatic N) is 2. The van der Waals surface area contributed by atoms with Gasteiger partial charge in [-0.1, -0.05) is 35.5 Å². The highest BCUT2D eigenvalue weighted by Crippen LogP contribution is 2.43. The second-order valence-corrected chi connectivity index (χ2v) is 7.69. The van der Waals surface area contributed by atoms with E-state index in [1.165, 1.54) is 0 Å². The van der Waals surface area contributed by atoms with Crippen LogP contribution in [0.3, 0.4) is 0 Å². The van der Waals surface area contributed by atoms with Crippen molar-refractivity contribution in [2.24, 2.45) is 5.92 Å². The number of carbonyl (C=O) groups is 1. The van der Waals surface area contributed by atoms with Gasteiger partial charge in [0.2, 0.25) is 0 Å². The highest BCUT2D eigenvalue weighted by atomic mass is 16.5. The van der Waals surface area contributed by atoms with Crippen LogP contribution in [0.1, 0.15) is 25.0 Å². The predicted molar refractivity (Wildman–Crippen MR) is 104 cm³/mol. The van der Waals surface area contributed by atoms with E-state index in [-0.39, 0.29) is 12.0 Å². The summed E-state index contributed by atoms with van der Waals surface area (Å²) in [6.07, 6.45) is 2.74. The van der Waals surface area contributed by atoms with Gasteiger partial charge in [0.25, 0.3) is 0 Å². The fraction of sp³-hybridized carbons (Fsp3) is 0.364. The van der Waals surface area contributed by atoms with Gasteiger partial charge in [-0.2, -0.15) is 0 Å². The van der Waals surface area contributed by atoms with Gasteiger partial charge in [0.1, 0.15) is 11.4 Å². The molecule has 6 heteroatoms. The van der Waals surface area contributed by atoms with Gasteiger partial charge in [-0.05, 0) is 36.1 Å². The highest BCUT2D eigenvalue weighted by Gasteiger charge is 2.49. The van der Waals surface area contributed by atoms with Gasteiger partial charge in [0, 0.05) is 18.2 Å². The minimum atomic E-state index is -0.684. The van der Waals surface area contributed by atoms with Gasteiger partial charge in [0.15, 0.2) is 5.76 Å². The van der Waals surface area contributed by atoms with Crippen LogP contribution in [0.25, 0.3) is 22.0 Å². The van der Waals surface area contributed by atoms with Crippen LogP contribution in [0.5, 0.6) is 5.75 Å². The normalized spacial score (nSPS) is 24.1. The Labute approximate surface area is 162 Å². The summed E-state index contributed by atoms with van der Waals surface area (Å²) >= 11 is 0. The first kappa shape index (κ1) is 17.3. The van der Waals surface area contributed by atoms with Crippen molar-refractivity contribution in [3.05, 3.63) is 48.2 Å². The van der Waals surface area contributed by atoms with Crippen LogP contribution in [0.4, 0.5) is 0 Å². The van der Waals surface area contributed by atoms with Crippen LogP contribution < -0.4 is 4.74 Å². The molecule has 3 aromatic rings. The molecule has 2 aliphatic heterocycles. The molecular weight excluding hydrogens is 356 g/mol. The molecule has 144 valence electrons. The summed E-state index contributed by atoms with van der Waals surface area (Å²) in [5.41, 5.74) is 1.66. The standard InChI is InChI=1S/C22H22N2O4/c1-27-20-9-6-13-4-2-3-5-16(13)21(20)18-11-15(28-23-18)12-24-14-7-8-19(24)17(10-14)22(25)26/h2-6,9,11,14,17,19H,7-8,10,12H2,1H3,(H,25,26). The third-order valence-electron chi connectivity index (χ3n) is 6.26. The van der Waals surface area contributed by atoms with Gasteiger partial charge >= 0.3 is 5.97 Å². The monoisotopic (exact) mass is 378 g/mol. The number of benzene rings is 2. The van der Waals surface area contributed by atoms with E-state index < -0.39 is 5.97 Å². The van der Waals surface area contributed by atoms with Gasteiger partial charge < -0.3 is 14.4 Å². The van der Waals surface area contributed by atoms with E-state index in [1.54, 1.807) is 7.11 Å². The summed E-state index contributed by atoms with van der Waals surface area (Å²) in [5, 5.41) is 15.9. The first-order valence-electron chi connectivity index (χ1n) is 9.66. The molecule has 3 heterocycles. The molecule has 2 saturated heterocycles. The second kappa shape index (κ2) is 6.63. The van der Waals surface area contributed by atoms with Crippen LogP contribution >= 0.6 is 0 Å². The minimum absolute atomic E-state index is 0.100. The number of hydrogen-bond acceptors (Lipinski definition) is 5. The number of aromatic nitrogens is 1. The molecular formula is C22H22N2O4. The predicted octanol–water partition coefficient (Wildman–Crippen LogP) is 3.94. The Hall–Kier alpha value is -2.86. The number of fused-ring (bicyclic) bond motifs is 3. The number of carboxylic acid groups (broad SMARTS) is 1. The smallest absolute Gasteiger partial charge is 0.308 e. The number of hydrogen-bond donors (Lipinski definition) is 1. The zero-order valence-electron chi connectivity index (χ0n) is 15.7. The first-order chi connectivity index (χ1) is 13.7. The van der Waals surface area contributed by atoms with Crippen molar-refractivity contribution < 1.29 is 19.2 Å². The number of methoxy groups -OCH3 is 1. The molecule has 2 aliphatic rings. The summed E-state index contributed by atoms with van der Waals surface area (Å²) in [5.74, 6) is 0.564. The van der Waals surface area contributed by atoms with Crippen LogP contribution in [0, 0.1) is 5.92 Å². The van der Waals surface area contributed by atoms with Crippen LogP contribution in [0.15, 0.2) is 47.0 Å². The van der Waals surface area contributed by atoms with Gasteiger partial charge in [-0.3, -0.25) is 9.69 Å². The third kappa shape index (κ3) is 2.67. The molecule has 0 amide bonds. The zero-order valence-corrected chi connectivity index (χ0v) is 15.7. The number of aliphatic carboxylic acids is 1. The van der Waals surface area contributed by atoms with E-state index in [9.17, 15) is 9.90 Å². The van der Waals surface area contributed by atoms with Crippen molar-refractivity contribution in [1.82, 2.24) is 10.1 Å². The molecule has 0 saturated carbocycles. The van der Waals surface area contributed by atoms with Crippen molar-refractivity contribution in [2.45, 2.75) is 37.9 Å². The van der Waals surface area contributed by atoms with Crippen molar-refractivity contribution in [3.63, 3.8) is 0 Å². The molecule has 3 unspecified atom stereocenters. The SMILES string of the molecule is COc1ccc2ccccc2c1-c1cc(CN2C3CCC2C(C(=O)O)C3)on1. The van der Waals surface area contributed by atoms with Crippen molar-refractivity contribution >= 4 is 16.7 Å². The number of carboxylic acids is 1. The maximum atomic E-state index is 11.5.